The summed E-state index contributed by atoms with van der Waals surface area (Å²) in [7, 11) is -2.87. The highest BCUT2D eigenvalue weighted by Gasteiger charge is 2.01. The fourth-order valence-corrected chi connectivity index (χ4v) is 2.53. The molecular formula is C18H32O3P+. The molecule has 0 amide bonds. The van der Waals surface area contributed by atoms with Crippen molar-refractivity contribution in [2.45, 2.75) is 78.1 Å². The van der Waals surface area contributed by atoms with Crippen molar-refractivity contribution in [3.63, 3.8) is 0 Å². The zero-order valence-corrected chi connectivity index (χ0v) is 15.0. The molecule has 126 valence electrons. The van der Waals surface area contributed by atoms with Gasteiger partial charge in [-0.15, -0.1) is 9.79 Å². The van der Waals surface area contributed by atoms with Gasteiger partial charge < -0.3 is 0 Å². The van der Waals surface area contributed by atoms with E-state index in [1.165, 1.54) is 64.2 Å². The maximum absolute atomic E-state index is 8.70. The molecule has 0 fully saturated rings. The van der Waals surface area contributed by atoms with Gasteiger partial charge in [0.25, 0.3) is 0 Å². The van der Waals surface area contributed by atoms with Gasteiger partial charge in [0.05, 0.1) is 0 Å². The molecule has 0 aromatic heterocycles. The maximum atomic E-state index is 8.70. The van der Waals surface area contributed by atoms with E-state index in [2.05, 4.69) is 38.1 Å². The molecule has 0 atom stereocenters. The second-order valence-electron chi connectivity index (χ2n) is 5.64. The van der Waals surface area contributed by atoms with E-state index in [4.69, 9.17) is 14.4 Å². The van der Waals surface area contributed by atoms with Crippen molar-refractivity contribution in [3.8, 4) is 0 Å². The fraction of sp³-hybridized carbons (Fsp3) is 0.667. The molecule has 0 bridgehead atoms. The molecule has 1 rings (SSSR count). The monoisotopic (exact) mass is 327 g/mol. The van der Waals surface area contributed by atoms with Crippen LogP contribution in [0.5, 0.6) is 0 Å². The van der Waals surface area contributed by atoms with E-state index in [0.29, 0.717) is 0 Å². The summed E-state index contributed by atoms with van der Waals surface area (Å²) in [4.78, 5) is 14.2. The third-order valence-corrected chi connectivity index (χ3v) is 3.72. The number of benzene rings is 1. The smallest absolute Gasteiger partial charge is 0.134 e. The normalized spacial score (nSPS) is 10.0. The van der Waals surface area contributed by atoms with Crippen molar-refractivity contribution in [1.82, 2.24) is 0 Å². The summed E-state index contributed by atoms with van der Waals surface area (Å²) in [5.74, 6) is 0. The fourth-order valence-electron chi connectivity index (χ4n) is 2.53. The lowest BCUT2D eigenvalue weighted by Gasteiger charge is -2.09. The van der Waals surface area contributed by atoms with Gasteiger partial charge >= 0.3 is 8.25 Å². The number of unbranched alkanes of at least 4 members (excludes halogenated alkanes) is 6. The van der Waals surface area contributed by atoms with E-state index < -0.39 is 8.25 Å². The number of rotatable bonds is 10. The topological polar surface area (TPSA) is 57.5 Å². The molecule has 1 aromatic carbocycles. The summed E-state index contributed by atoms with van der Waals surface area (Å²) in [6.07, 6.45) is 13.5. The minimum Gasteiger partial charge on any atom is -0.134 e. The summed E-state index contributed by atoms with van der Waals surface area (Å²) < 4.78 is 8.70. The SMILES string of the molecule is CCCCCCc1ccccc1CCCCCC.O=[P+](O)O. The van der Waals surface area contributed by atoms with Crippen LogP contribution in [0.2, 0.25) is 0 Å². The van der Waals surface area contributed by atoms with Gasteiger partial charge in [0.15, 0.2) is 0 Å². The van der Waals surface area contributed by atoms with Gasteiger partial charge in [0.1, 0.15) is 0 Å². The molecule has 22 heavy (non-hydrogen) atoms. The van der Waals surface area contributed by atoms with Crippen molar-refractivity contribution < 1.29 is 14.4 Å². The van der Waals surface area contributed by atoms with Crippen LogP contribution in [0.15, 0.2) is 24.3 Å². The number of hydrogen-bond acceptors (Lipinski definition) is 1. The quantitative estimate of drug-likeness (QED) is 0.437. The predicted molar refractivity (Wildman–Crippen MR) is 94.2 cm³/mol. The molecule has 3 nitrogen and oxygen atoms in total. The lowest BCUT2D eigenvalue weighted by Crippen LogP contribution is -1.95. The molecule has 4 heteroatoms. The summed E-state index contributed by atoms with van der Waals surface area (Å²) in [6, 6.07) is 9.07. The number of aryl methyl sites for hydroxylation is 2. The Labute approximate surface area is 136 Å². The van der Waals surface area contributed by atoms with Crippen LogP contribution >= 0.6 is 8.25 Å². The zero-order valence-electron chi connectivity index (χ0n) is 14.1. The first-order chi connectivity index (χ1) is 10.6. The van der Waals surface area contributed by atoms with Crippen molar-refractivity contribution in [3.05, 3.63) is 35.4 Å². The van der Waals surface area contributed by atoms with E-state index in [-0.39, 0.29) is 0 Å². The second-order valence-corrected chi connectivity index (χ2v) is 6.15. The Hall–Kier alpha value is -0.760. The van der Waals surface area contributed by atoms with Crippen molar-refractivity contribution in [2.75, 3.05) is 0 Å². The molecule has 1 aromatic rings. The van der Waals surface area contributed by atoms with Crippen LogP contribution in [0.1, 0.15) is 76.3 Å². The van der Waals surface area contributed by atoms with Gasteiger partial charge in [-0.1, -0.05) is 76.6 Å². The average Bonchev–Trinajstić information content (AvgIpc) is 2.49. The average molecular weight is 327 g/mol. The van der Waals surface area contributed by atoms with Crippen LogP contribution in [-0.2, 0) is 17.4 Å². The van der Waals surface area contributed by atoms with E-state index in [1.807, 2.05) is 0 Å². The van der Waals surface area contributed by atoms with Gasteiger partial charge in [-0.2, -0.15) is 0 Å². The van der Waals surface area contributed by atoms with E-state index >= 15 is 0 Å². The van der Waals surface area contributed by atoms with Crippen LogP contribution < -0.4 is 0 Å². The third kappa shape index (κ3) is 12.9. The van der Waals surface area contributed by atoms with Crippen molar-refractivity contribution >= 4 is 8.25 Å². The Morgan fingerprint density at radius 2 is 1.14 bits per heavy atom. The Bertz CT molecular complexity index is 359. The lowest BCUT2D eigenvalue weighted by atomic mass is 9.97. The van der Waals surface area contributed by atoms with E-state index in [9.17, 15) is 0 Å². The van der Waals surface area contributed by atoms with Crippen LogP contribution in [0, 0.1) is 0 Å². The highest BCUT2D eigenvalue weighted by atomic mass is 31.1. The Balaban J connectivity index is 0.000000980. The van der Waals surface area contributed by atoms with E-state index in [1.54, 1.807) is 11.1 Å². The highest BCUT2D eigenvalue weighted by Crippen LogP contribution is 2.16. The Morgan fingerprint density at radius 1 is 0.773 bits per heavy atom. The minimum absolute atomic E-state index is 1.28. The summed E-state index contributed by atoms with van der Waals surface area (Å²) in [5.41, 5.74) is 3.20. The molecular weight excluding hydrogens is 295 g/mol. The first kappa shape index (κ1) is 21.2. The van der Waals surface area contributed by atoms with Crippen LogP contribution in [-0.4, -0.2) is 9.79 Å². The molecule has 0 saturated heterocycles. The number of hydrogen-bond donors (Lipinski definition) is 2. The van der Waals surface area contributed by atoms with Gasteiger partial charge in [-0.3, -0.25) is 0 Å². The molecule has 0 spiro atoms. The highest BCUT2D eigenvalue weighted by molar-refractivity contribution is 7.30. The third-order valence-electron chi connectivity index (χ3n) is 3.72. The molecule has 0 heterocycles. The standard InChI is InChI=1S/C18H30.HO3P/c1-3-5-7-9-13-17-15-11-12-16-18(17)14-10-8-6-4-2;1-4(2)3/h11-12,15-16H,3-10,13-14H2,1-2H3;(H-,1,2,3)/p+1. The first-order valence-corrected chi connectivity index (χ1v) is 9.70. The van der Waals surface area contributed by atoms with E-state index in [0.717, 1.165) is 0 Å². The van der Waals surface area contributed by atoms with Crippen LogP contribution in [0.4, 0.5) is 0 Å². The second kappa shape index (κ2) is 15.1. The molecule has 2 N–H and O–H groups in total. The zero-order chi connectivity index (χ0) is 16.6. The van der Waals surface area contributed by atoms with Crippen molar-refractivity contribution in [1.29, 1.82) is 0 Å². The summed E-state index contributed by atoms with van der Waals surface area (Å²) in [6.45, 7) is 4.56. The molecule has 0 aliphatic carbocycles. The molecule has 0 unspecified atom stereocenters. The molecule has 0 saturated carbocycles. The predicted octanol–water partition coefficient (Wildman–Crippen LogP) is 5.56. The molecule has 0 aliphatic rings. The largest absolute Gasteiger partial charge is 0.692 e. The van der Waals surface area contributed by atoms with Crippen LogP contribution in [0.25, 0.3) is 0 Å². The minimum atomic E-state index is -2.87. The Kier molecular flexibility index (Phi) is 14.6. The van der Waals surface area contributed by atoms with Gasteiger partial charge in [0, 0.05) is 4.57 Å². The molecule has 0 radical (unpaired) electrons. The summed E-state index contributed by atoms with van der Waals surface area (Å²) >= 11 is 0. The lowest BCUT2D eigenvalue weighted by molar-refractivity contribution is 0.405. The Morgan fingerprint density at radius 3 is 1.45 bits per heavy atom. The van der Waals surface area contributed by atoms with Gasteiger partial charge in [-0.25, -0.2) is 0 Å². The van der Waals surface area contributed by atoms with Crippen molar-refractivity contribution in [2.24, 2.45) is 0 Å². The maximum Gasteiger partial charge on any atom is 0.692 e. The first-order valence-electron chi connectivity index (χ1n) is 8.53. The van der Waals surface area contributed by atoms with Crippen LogP contribution in [0.3, 0.4) is 0 Å². The summed E-state index contributed by atoms with van der Waals surface area (Å²) in [5, 5.41) is 0. The molecule has 0 aliphatic heterocycles. The van der Waals surface area contributed by atoms with Gasteiger partial charge in [0.2, 0.25) is 0 Å². The van der Waals surface area contributed by atoms with Gasteiger partial charge in [-0.05, 0) is 36.8 Å².